The normalized spacial score (nSPS) is 14.1. The molecule has 0 radical (unpaired) electrons. The number of carbonyl (C=O) groups is 1. The van der Waals surface area contributed by atoms with Gasteiger partial charge in [-0.3, -0.25) is 9.36 Å². The van der Waals surface area contributed by atoms with Crippen LogP contribution in [-0.2, 0) is 5.54 Å². The van der Waals surface area contributed by atoms with E-state index in [-0.39, 0.29) is 16.9 Å². The van der Waals surface area contributed by atoms with Crippen LogP contribution in [0.5, 0.6) is 5.75 Å². The number of hydrogen-bond acceptors (Lipinski definition) is 5. The molecular formula is C23H22ClN3O4. The van der Waals surface area contributed by atoms with Crippen molar-refractivity contribution in [2.75, 3.05) is 17.8 Å². The SMILES string of the molecule is Cc1ccc(C(=O)O)cc1-n1ccnc(NC2(c3ccccc3OCCCl)CC2)c1=O. The van der Waals surface area contributed by atoms with Gasteiger partial charge in [-0.25, -0.2) is 9.78 Å². The molecule has 1 aliphatic rings. The Morgan fingerprint density at radius 2 is 2.06 bits per heavy atom. The maximum Gasteiger partial charge on any atom is 0.335 e. The van der Waals surface area contributed by atoms with Crippen LogP contribution in [0.1, 0.15) is 34.3 Å². The molecule has 1 saturated carbocycles. The van der Waals surface area contributed by atoms with E-state index < -0.39 is 11.5 Å². The van der Waals surface area contributed by atoms with Gasteiger partial charge >= 0.3 is 5.97 Å². The second kappa shape index (κ2) is 8.43. The first-order valence-corrected chi connectivity index (χ1v) is 10.5. The maximum atomic E-state index is 13.2. The molecule has 1 fully saturated rings. The number of nitrogens with zero attached hydrogens (tertiary/aromatic N) is 2. The van der Waals surface area contributed by atoms with E-state index >= 15 is 0 Å². The first-order chi connectivity index (χ1) is 14.9. The number of aromatic nitrogens is 2. The lowest BCUT2D eigenvalue weighted by molar-refractivity contribution is 0.0697. The molecule has 8 heteroatoms. The zero-order valence-corrected chi connectivity index (χ0v) is 17.7. The summed E-state index contributed by atoms with van der Waals surface area (Å²) in [6, 6.07) is 12.4. The topological polar surface area (TPSA) is 93.4 Å². The fraction of sp³-hybridized carbons (Fsp3) is 0.261. The molecule has 0 aliphatic heterocycles. The van der Waals surface area contributed by atoms with Crippen molar-refractivity contribution in [1.29, 1.82) is 0 Å². The molecule has 3 aromatic rings. The predicted octanol–water partition coefficient (Wildman–Crippen LogP) is 3.96. The number of benzene rings is 2. The number of rotatable bonds is 8. The molecule has 1 aromatic heterocycles. The van der Waals surface area contributed by atoms with Crippen LogP contribution in [0.25, 0.3) is 5.69 Å². The van der Waals surface area contributed by atoms with Crippen LogP contribution < -0.4 is 15.6 Å². The smallest absolute Gasteiger partial charge is 0.335 e. The summed E-state index contributed by atoms with van der Waals surface area (Å²) in [6.45, 7) is 2.22. The molecule has 31 heavy (non-hydrogen) atoms. The number of para-hydroxylation sites is 1. The first kappa shape index (κ1) is 20.9. The lowest BCUT2D eigenvalue weighted by atomic mass is 10.0. The average Bonchev–Trinajstić information content (AvgIpc) is 3.55. The Labute approximate surface area is 184 Å². The number of nitrogens with one attached hydrogen (secondary N) is 1. The van der Waals surface area contributed by atoms with E-state index in [4.69, 9.17) is 16.3 Å². The quantitative estimate of drug-likeness (QED) is 0.516. The van der Waals surface area contributed by atoms with Crippen molar-refractivity contribution >= 4 is 23.4 Å². The highest BCUT2D eigenvalue weighted by Gasteiger charge is 2.47. The van der Waals surface area contributed by atoms with Crippen LogP contribution in [0, 0.1) is 6.92 Å². The number of anilines is 1. The monoisotopic (exact) mass is 439 g/mol. The Hall–Kier alpha value is -3.32. The number of alkyl halides is 1. The summed E-state index contributed by atoms with van der Waals surface area (Å²) in [5, 5.41) is 12.6. The van der Waals surface area contributed by atoms with Crippen LogP contribution in [0.3, 0.4) is 0 Å². The second-order valence-electron chi connectivity index (χ2n) is 7.50. The summed E-state index contributed by atoms with van der Waals surface area (Å²) in [7, 11) is 0. The number of ether oxygens (including phenoxy) is 1. The lowest BCUT2D eigenvalue weighted by Crippen LogP contribution is -2.29. The minimum absolute atomic E-state index is 0.114. The Bertz CT molecular complexity index is 1190. The van der Waals surface area contributed by atoms with Gasteiger partial charge in [0.2, 0.25) is 0 Å². The van der Waals surface area contributed by atoms with Crippen LogP contribution in [0.15, 0.2) is 59.7 Å². The Balaban J connectivity index is 1.70. The molecule has 7 nitrogen and oxygen atoms in total. The van der Waals surface area contributed by atoms with Crippen LogP contribution in [0.4, 0.5) is 5.82 Å². The summed E-state index contributed by atoms with van der Waals surface area (Å²) in [5.41, 5.74) is 1.57. The molecule has 0 atom stereocenters. The van der Waals surface area contributed by atoms with Gasteiger partial charge in [0.05, 0.1) is 22.7 Å². The van der Waals surface area contributed by atoms with Crippen LogP contribution >= 0.6 is 11.6 Å². The van der Waals surface area contributed by atoms with Crippen molar-refractivity contribution in [1.82, 2.24) is 9.55 Å². The van der Waals surface area contributed by atoms with Gasteiger partial charge in [-0.15, -0.1) is 11.6 Å². The molecule has 1 heterocycles. The van der Waals surface area contributed by atoms with E-state index in [2.05, 4.69) is 10.3 Å². The fourth-order valence-corrected chi connectivity index (χ4v) is 3.72. The highest BCUT2D eigenvalue weighted by molar-refractivity contribution is 6.18. The summed E-state index contributed by atoms with van der Waals surface area (Å²) < 4.78 is 7.21. The molecule has 0 amide bonds. The van der Waals surface area contributed by atoms with E-state index in [9.17, 15) is 14.7 Å². The Kier molecular flexibility index (Phi) is 5.69. The van der Waals surface area contributed by atoms with E-state index in [0.29, 0.717) is 18.2 Å². The molecule has 2 aromatic carbocycles. The third kappa shape index (κ3) is 4.14. The molecule has 0 saturated heterocycles. The van der Waals surface area contributed by atoms with Gasteiger partial charge in [0.15, 0.2) is 5.82 Å². The molecule has 4 rings (SSSR count). The number of hydrogen-bond donors (Lipinski definition) is 2. The van der Waals surface area contributed by atoms with Gasteiger partial charge in [0, 0.05) is 18.0 Å². The molecule has 2 N–H and O–H groups in total. The van der Waals surface area contributed by atoms with Crippen molar-refractivity contribution in [3.63, 3.8) is 0 Å². The maximum absolute atomic E-state index is 13.2. The van der Waals surface area contributed by atoms with Gasteiger partial charge in [-0.2, -0.15) is 0 Å². The van der Waals surface area contributed by atoms with E-state index in [1.165, 1.54) is 22.9 Å². The number of carboxylic acids is 1. The van der Waals surface area contributed by atoms with E-state index in [0.717, 1.165) is 29.7 Å². The summed E-state index contributed by atoms with van der Waals surface area (Å²) in [5.74, 6) is 0.267. The molecule has 0 bridgehead atoms. The molecular weight excluding hydrogens is 418 g/mol. The van der Waals surface area contributed by atoms with Gasteiger partial charge in [0.1, 0.15) is 12.4 Å². The first-order valence-electron chi connectivity index (χ1n) is 9.93. The fourth-order valence-electron chi connectivity index (χ4n) is 3.64. The summed E-state index contributed by atoms with van der Waals surface area (Å²) in [4.78, 5) is 28.9. The minimum atomic E-state index is -1.05. The summed E-state index contributed by atoms with van der Waals surface area (Å²) >= 11 is 5.77. The van der Waals surface area contributed by atoms with Gasteiger partial charge in [0.25, 0.3) is 5.56 Å². The van der Waals surface area contributed by atoms with Crippen LogP contribution in [-0.4, -0.2) is 33.1 Å². The Morgan fingerprint density at radius 1 is 1.29 bits per heavy atom. The average molecular weight is 440 g/mol. The lowest BCUT2D eigenvalue weighted by Gasteiger charge is -2.22. The number of halogens is 1. The van der Waals surface area contributed by atoms with Gasteiger partial charge < -0.3 is 15.2 Å². The Morgan fingerprint density at radius 3 is 2.77 bits per heavy atom. The van der Waals surface area contributed by atoms with Crippen molar-refractivity contribution in [2.45, 2.75) is 25.3 Å². The van der Waals surface area contributed by atoms with Crippen molar-refractivity contribution in [2.24, 2.45) is 0 Å². The molecule has 0 spiro atoms. The van der Waals surface area contributed by atoms with Crippen LogP contribution in [0.2, 0.25) is 0 Å². The number of aromatic carboxylic acids is 1. The van der Waals surface area contributed by atoms with Crippen molar-refractivity contribution in [3.8, 4) is 11.4 Å². The van der Waals surface area contributed by atoms with E-state index in [1.807, 2.05) is 31.2 Å². The standard InChI is InChI=1S/C23H22ClN3O4/c1-15-6-7-16(22(29)30)14-18(15)27-12-11-25-20(21(27)28)26-23(8-9-23)17-4-2-3-5-19(17)31-13-10-24/h2-7,11-12,14H,8-10,13H2,1H3,(H,25,26)(H,29,30). The largest absolute Gasteiger partial charge is 0.492 e. The second-order valence-corrected chi connectivity index (χ2v) is 7.88. The highest BCUT2D eigenvalue weighted by atomic mass is 35.5. The van der Waals surface area contributed by atoms with Gasteiger partial charge in [-0.1, -0.05) is 24.3 Å². The predicted molar refractivity (Wildman–Crippen MR) is 119 cm³/mol. The molecule has 0 unspecified atom stereocenters. The number of aryl methyl sites for hydroxylation is 1. The zero-order chi connectivity index (χ0) is 22.0. The van der Waals surface area contributed by atoms with Crippen molar-refractivity contribution < 1.29 is 14.6 Å². The van der Waals surface area contributed by atoms with Crippen molar-refractivity contribution in [3.05, 3.63) is 81.9 Å². The van der Waals surface area contributed by atoms with Gasteiger partial charge in [-0.05, 0) is 43.5 Å². The third-order valence-electron chi connectivity index (χ3n) is 5.40. The third-order valence-corrected chi connectivity index (χ3v) is 5.56. The molecule has 160 valence electrons. The van der Waals surface area contributed by atoms with E-state index in [1.54, 1.807) is 12.3 Å². The zero-order valence-electron chi connectivity index (χ0n) is 17.0. The number of carboxylic acid groups (broad SMARTS) is 1. The molecule has 1 aliphatic carbocycles. The summed E-state index contributed by atoms with van der Waals surface area (Å²) in [6.07, 6.45) is 4.73. The highest BCUT2D eigenvalue weighted by Crippen LogP contribution is 2.50. The minimum Gasteiger partial charge on any atom is -0.492 e.